The minimum absolute atomic E-state index is 0.681. The van der Waals surface area contributed by atoms with Crippen molar-refractivity contribution in [2.24, 2.45) is 0 Å². The molecule has 274 valence electrons. The molecule has 5 heterocycles. The van der Waals surface area contributed by atoms with Gasteiger partial charge in [-0.05, 0) is 119 Å². The standard InChI is InChI=1S/C48H42N8/c49-33-9-1-29(2-10-33)25-37-41-17-19-43(53-41)38(26-30-3-11-34(50)12-4-30)45-21-23-47(55-45)40(28-32-7-15-36(52)16-8-32)48-24-22-46(56-48)39(44-20-18-42(37)54-44)27-31-5-13-35(51)14-6-31/h1-24,53-54H,25-28,49-52H2/p+4. The van der Waals surface area contributed by atoms with Crippen LogP contribution in [0.25, 0.3) is 46.4 Å². The van der Waals surface area contributed by atoms with Crippen LogP contribution in [0.15, 0.2) is 121 Å². The van der Waals surface area contributed by atoms with Crippen molar-refractivity contribution in [3.05, 3.63) is 189 Å². The Morgan fingerprint density at radius 2 is 0.554 bits per heavy atom. The maximum Gasteiger partial charge on any atom is 0.127 e. The first-order chi connectivity index (χ1) is 27.3. The minimum Gasteiger partial charge on any atom is -0.355 e. The van der Waals surface area contributed by atoms with Gasteiger partial charge in [-0.2, -0.15) is 0 Å². The lowest BCUT2D eigenvalue weighted by molar-refractivity contribution is -0.255. The van der Waals surface area contributed by atoms with Crippen LogP contribution < -0.4 is 22.9 Å². The largest absolute Gasteiger partial charge is 0.355 e. The van der Waals surface area contributed by atoms with Crippen molar-refractivity contribution in [1.29, 1.82) is 0 Å². The molecule has 0 saturated heterocycles. The average Bonchev–Trinajstić information content (AvgIpc) is 4.05. The fourth-order valence-electron chi connectivity index (χ4n) is 7.63. The summed E-state index contributed by atoms with van der Waals surface area (Å²) in [4.78, 5) is 18.6. The van der Waals surface area contributed by atoms with Gasteiger partial charge in [-0.3, -0.25) is 0 Å². The number of aromatic amines is 2. The summed E-state index contributed by atoms with van der Waals surface area (Å²) >= 11 is 0. The van der Waals surface area contributed by atoms with Gasteiger partial charge in [-0.25, -0.2) is 9.97 Å². The zero-order chi connectivity index (χ0) is 38.2. The fourth-order valence-corrected chi connectivity index (χ4v) is 7.63. The number of fused-ring (bicyclic) bond motifs is 8. The second-order valence-electron chi connectivity index (χ2n) is 14.9. The summed E-state index contributed by atoms with van der Waals surface area (Å²) in [5.41, 5.74) is 37.6. The van der Waals surface area contributed by atoms with E-state index in [4.69, 9.17) is 9.97 Å². The van der Waals surface area contributed by atoms with Crippen LogP contribution in [0, 0.1) is 0 Å². The molecule has 9 rings (SSSR count). The van der Waals surface area contributed by atoms with Crippen LogP contribution >= 0.6 is 0 Å². The normalized spacial score (nSPS) is 12.1. The molecule has 3 aromatic heterocycles. The molecule has 0 radical (unpaired) electrons. The van der Waals surface area contributed by atoms with Gasteiger partial charge >= 0.3 is 0 Å². The van der Waals surface area contributed by atoms with E-state index in [0.29, 0.717) is 19.3 Å². The Bertz CT molecular complexity index is 2660. The molecule has 0 fully saturated rings. The number of nitrogens with one attached hydrogen (secondary N) is 2. The van der Waals surface area contributed by atoms with Crippen LogP contribution in [0.5, 0.6) is 0 Å². The highest BCUT2D eigenvalue weighted by molar-refractivity contribution is 5.84. The van der Waals surface area contributed by atoms with E-state index in [1.165, 1.54) is 27.8 Å². The third kappa shape index (κ3) is 7.38. The van der Waals surface area contributed by atoms with Gasteiger partial charge in [0, 0.05) is 70.0 Å². The van der Waals surface area contributed by atoms with Gasteiger partial charge < -0.3 is 32.9 Å². The number of benzene rings is 4. The molecule has 56 heavy (non-hydrogen) atoms. The highest BCUT2D eigenvalue weighted by Gasteiger charge is 2.18. The molecule has 0 spiro atoms. The summed E-state index contributed by atoms with van der Waals surface area (Å²) in [6.45, 7) is 0. The second-order valence-corrected chi connectivity index (χ2v) is 14.9. The molecule has 7 aromatic rings. The molecule has 0 amide bonds. The second kappa shape index (κ2) is 14.9. The number of nitrogens with zero attached hydrogens (tertiary/aromatic N) is 2. The molecule has 8 heteroatoms. The summed E-state index contributed by atoms with van der Waals surface area (Å²) in [7, 11) is 0. The predicted molar refractivity (Wildman–Crippen MR) is 226 cm³/mol. The van der Waals surface area contributed by atoms with Gasteiger partial charge in [-0.15, -0.1) is 0 Å². The zero-order valence-corrected chi connectivity index (χ0v) is 31.4. The predicted octanol–water partition coefficient (Wildman–Crippen LogP) is 6.51. The third-order valence-corrected chi connectivity index (χ3v) is 10.8. The molecule has 0 aliphatic carbocycles. The van der Waals surface area contributed by atoms with Crippen molar-refractivity contribution < 1.29 is 22.9 Å². The van der Waals surface area contributed by atoms with Gasteiger partial charge in [-0.1, -0.05) is 48.5 Å². The average molecular weight is 735 g/mol. The number of hydrogen-bond donors (Lipinski definition) is 6. The van der Waals surface area contributed by atoms with Crippen LogP contribution in [0.3, 0.4) is 0 Å². The van der Waals surface area contributed by atoms with Crippen LogP contribution in [0.2, 0.25) is 0 Å². The SMILES string of the molecule is [NH3+]c1ccc(Cc2c3nc(c(Cc4ccc([NH3+])cc4)c4ccc([nH]4)c(Cc4ccc([NH3+])cc4)c4ccc([nH]4)c(Cc4ccc([NH3+])cc4)c4nc2C=C4)C=C3)cc1. The summed E-state index contributed by atoms with van der Waals surface area (Å²) < 4.78 is 0. The summed E-state index contributed by atoms with van der Waals surface area (Å²) in [5.74, 6) is 0. The number of aromatic nitrogens is 4. The first-order valence-electron chi connectivity index (χ1n) is 19.1. The van der Waals surface area contributed by atoms with Crippen LogP contribution in [0.1, 0.15) is 67.3 Å². The van der Waals surface area contributed by atoms with E-state index in [9.17, 15) is 0 Å². The highest BCUT2D eigenvalue weighted by Crippen LogP contribution is 2.31. The number of hydrogen-bond acceptors (Lipinski definition) is 2. The summed E-state index contributed by atoms with van der Waals surface area (Å²) in [6, 6.07) is 42.7. The summed E-state index contributed by atoms with van der Waals surface area (Å²) in [6.07, 6.45) is 11.4. The lowest BCUT2D eigenvalue weighted by atomic mass is 10.0. The molecule has 4 aromatic carbocycles. The summed E-state index contributed by atoms with van der Waals surface area (Å²) in [5, 5.41) is 0. The number of H-pyrrole nitrogens is 2. The molecule has 0 unspecified atom stereocenters. The van der Waals surface area contributed by atoms with E-state index in [1.54, 1.807) is 0 Å². The Morgan fingerprint density at radius 3 is 0.875 bits per heavy atom. The maximum absolute atomic E-state index is 5.41. The smallest absolute Gasteiger partial charge is 0.127 e. The fraction of sp³-hybridized carbons (Fsp3) is 0.0833. The van der Waals surface area contributed by atoms with Crippen molar-refractivity contribution in [2.45, 2.75) is 25.7 Å². The lowest BCUT2D eigenvalue weighted by Gasteiger charge is -2.07. The molecule has 8 nitrogen and oxygen atoms in total. The Morgan fingerprint density at radius 1 is 0.304 bits per heavy atom. The Balaban J connectivity index is 1.34. The van der Waals surface area contributed by atoms with E-state index in [-0.39, 0.29) is 0 Å². The van der Waals surface area contributed by atoms with Crippen LogP contribution in [-0.4, -0.2) is 19.9 Å². The number of quaternary nitrogens is 4. The number of rotatable bonds is 8. The highest BCUT2D eigenvalue weighted by atomic mass is 14.8. The van der Waals surface area contributed by atoms with E-state index in [0.717, 1.165) is 90.7 Å². The molecular formula is C48H46N8+4. The molecular weight excluding hydrogens is 689 g/mol. The monoisotopic (exact) mass is 734 g/mol. The van der Waals surface area contributed by atoms with Gasteiger partial charge in [0.1, 0.15) is 22.7 Å². The molecule has 2 aliphatic heterocycles. The first kappa shape index (κ1) is 35.0. The molecule has 0 atom stereocenters. The molecule has 14 N–H and O–H groups in total. The van der Waals surface area contributed by atoms with Gasteiger partial charge in [0.25, 0.3) is 0 Å². The maximum atomic E-state index is 5.41. The quantitative estimate of drug-likeness (QED) is 0.105. The van der Waals surface area contributed by atoms with Gasteiger partial charge in [0.2, 0.25) is 0 Å². The van der Waals surface area contributed by atoms with Crippen molar-refractivity contribution in [2.75, 3.05) is 0 Å². The van der Waals surface area contributed by atoms with Crippen molar-refractivity contribution in [1.82, 2.24) is 19.9 Å². The lowest BCUT2D eigenvalue weighted by Crippen LogP contribution is -2.39. The Hall–Kier alpha value is -6.68. The van der Waals surface area contributed by atoms with Crippen molar-refractivity contribution in [3.8, 4) is 0 Å². The van der Waals surface area contributed by atoms with E-state index >= 15 is 0 Å². The van der Waals surface area contributed by atoms with Gasteiger partial charge in [0.05, 0.1) is 22.8 Å². The van der Waals surface area contributed by atoms with Crippen LogP contribution in [0.4, 0.5) is 22.7 Å². The molecule has 0 saturated carbocycles. The Labute approximate surface area is 325 Å². The van der Waals surface area contributed by atoms with Gasteiger partial charge in [0.15, 0.2) is 0 Å². The topological polar surface area (TPSA) is 168 Å². The van der Waals surface area contributed by atoms with E-state index in [1.807, 2.05) is 0 Å². The molecule has 2 aliphatic rings. The Kier molecular flexibility index (Phi) is 9.30. The van der Waals surface area contributed by atoms with Crippen molar-refractivity contribution in [3.63, 3.8) is 0 Å². The third-order valence-electron chi connectivity index (χ3n) is 10.8. The van der Waals surface area contributed by atoms with Crippen molar-refractivity contribution >= 4 is 69.1 Å². The van der Waals surface area contributed by atoms with E-state index in [2.05, 4.69) is 179 Å². The van der Waals surface area contributed by atoms with Crippen LogP contribution in [-0.2, 0) is 25.7 Å². The first-order valence-corrected chi connectivity index (χ1v) is 19.1. The minimum atomic E-state index is 0.681. The van der Waals surface area contributed by atoms with E-state index < -0.39 is 0 Å². The zero-order valence-electron chi connectivity index (χ0n) is 31.4. The molecule has 8 bridgehead atoms.